The fourth-order valence-corrected chi connectivity index (χ4v) is 3.09. The molecule has 1 saturated carbocycles. The molecule has 2 rings (SSSR count). The van der Waals surface area contributed by atoms with Crippen molar-refractivity contribution in [2.24, 2.45) is 11.1 Å². The van der Waals surface area contributed by atoms with Crippen LogP contribution < -0.4 is 11.2 Å². The molecule has 2 fully saturated rings. The number of nitrogens with one attached hydrogen (secondary N) is 1. The Morgan fingerprint density at radius 1 is 1.29 bits per heavy atom. The van der Waals surface area contributed by atoms with E-state index in [0.717, 1.165) is 6.54 Å². The van der Waals surface area contributed by atoms with Gasteiger partial charge in [-0.25, -0.2) is 10.4 Å². The van der Waals surface area contributed by atoms with Crippen molar-refractivity contribution < 1.29 is 0 Å². The van der Waals surface area contributed by atoms with Gasteiger partial charge in [-0.15, -0.1) is 0 Å². The molecule has 3 atom stereocenters. The summed E-state index contributed by atoms with van der Waals surface area (Å²) in [5, 5.41) is 2.47. The molecule has 0 aromatic heterocycles. The lowest BCUT2D eigenvalue weighted by Crippen LogP contribution is -2.65. The third-order valence-electron chi connectivity index (χ3n) is 5.31. The molecule has 0 aromatic rings. The number of piperidine rings is 1. The number of nitrogens with zero attached hydrogens (tertiary/aromatic N) is 1. The summed E-state index contributed by atoms with van der Waals surface area (Å²) >= 11 is 0. The highest BCUT2D eigenvalue weighted by molar-refractivity contribution is 5.08. The zero-order valence-electron chi connectivity index (χ0n) is 11.9. The molecule has 3 unspecified atom stereocenters. The molecule has 3 N–H and O–H groups in total. The topological polar surface area (TPSA) is 41.3 Å². The van der Waals surface area contributed by atoms with Crippen LogP contribution in [0.15, 0.2) is 0 Å². The molecule has 3 heteroatoms. The Morgan fingerprint density at radius 3 is 2.24 bits per heavy atom. The molecule has 0 aromatic carbocycles. The van der Waals surface area contributed by atoms with E-state index in [1.165, 1.54) is 32.1 Å². The second-order valence-corrected chi connectivity index (χ2v) is 6.74. The molecule has 17 heavy (non-hydrogen) atoms. The van der Waals surface area contributed by atoms with Crippen LogP contribution >= 0.6 is 0 Å². The van der Waals surface area contributed by atoms with E-state index in [-0.39, 0.29) is 5.54 Å². The summed E-state index contributed by atoms with van der Waals surface area (Å²) < 4.78 is 0. The van der Waals surface area contributed by atoms with Crippen molar-refractivity contribution in [1.82, 2.24) is 10.4 Å². The minimum atomic E-state index is 0.0624. The highest BCUT2D eigenvalue weighted by Crippen LogP contribution is 2.53. The number of rotatable bonds is 4. The van der Waals surface area contributed by atoms with Gasteiger partial charge in [0, 0.05) is 24.2 Å². The van der Waals surface area contributed by atoms with Crippen LogP contribution in [0, 0.1) is 5.41 Å². The maximum absolute atomic E-state index is 6.05. The van der Waals surface area contributed by atoms with E-state index in [1.54, 1.807) is 0 Å². The van der Waals surface area contributed by atoms with E-state index < -0.39 is 0 Å². The summed E-state index contributed by atoms with van der Waals surface area (Å²) in [6.45, 7) is 10.0. The molecule has 1 aliphatic heterocycles. The lowest BCUT2D eigenvalue weighted by Gasteiger charge is -2.47. The van der Waals surface area contributed by atoms with E-state index in [1.807, 2.05) is 0 Å². The Kier molecular flexibility index (Phi) is 3.54. The molecule has 1 heterocycles. The van der Waals surface area contributed by atoms with Gasteiger partial charge in [-0.1, -0.05) is 13.3 Å². The van der Waals surface area contributed by atoms with Crippen LogP contribution in [0.3, 0.4) is 0 Å². The van der Waals surface area contributed by atoms with Gasteiger partial charge in [-0.3, -0.25) is 0 Å². The van der Waals surface area contributed by atoms with Crippen molar-refractivity contribution in [3.63, 3.8) is 0 Å². The van der Waals surface area contributed by atoms with E-state index in [9.17, 15) is 0 Å². The molecule has 0 bridgehead atoms. The first-order chi connectivity index (χ1) is 7.92. The number of hydrogen-bond donors (Lipinski definition) is 2. The molecule has 2 aliphatic rings. The molecular formula is C14H29N3. The number of hydrogen-bond acceptors (Lipinski definition) is 3. The Balaban J connectivity index is 2.07. The number of hydrazine groups is 1. The van der Waals surface area contributed by atoms with Crippen LogP contribution in [0.2, 0.25) is 0 Å². The van der Waals surface area contributed by atoms with E-state index in [4.69, 9.17) is 5.73 Å². The average molecular weight is 239 g/mol. The maximum atomic E-state index is 6.05. The van der Waals surface area contributed by atoms with Crippen LogP contribution in [-0.2, 0) is 0 Å². The predicted octanol–water partition coefficient (Wildman–Crippen LogP) is 2.27. The summed E-state index contributed by atoms with van der Waals surface area (Å²) in [7, 11) is 0. The molecule has 1 saturated heterocycles. The SMILES string of the molecule is CC1CCCC(C)N1NC(C)(CN)C1(C)CC1. The Morgan fingerprint density at radius 2 is 1.82 bits per heavy atom. The Bertz CT molecular complexity index is 265. The van der Waals surface area contributed by atoms with Crippen LogP contribution in [0.5, 0.6) is 0 Å². The zero-order chi connectivity index (χ0) is 12.7. The van der Waals surface area contributed by atoms with Crippen LogP contribution in [0.25, 0.3) is 0 Å². The smallest absolute Gasteiger partial charge is 0.0473 e. The van der Waals surface area contributed by atoms with Gasteiger partial charge < -0.3 is 5.73 Å². The lowest BCUT2D eigenvalue weighted by atomic mass is 9.84. The van der Waals surface area contributed by atoms with Crippen LogP contribution in [0.1, 0.15) is 59.8 Å². The lowest BCUT2D eigenvalue weighted by molar-refractivity contribution is -0.0133. The normalized spacial score (nSPS) is 36.5. The molecule has 3 nitrogen and oxygen atoms in total. The number of nitrogens with two attached hydrogens (primary N) is 1. The monoisotopic (exact) mass is 239 g/mol. The van der Waals surface area contributed by atoms with E-state index in [0.29, 0.717) is 17.5 Å². The largest absolute Gasteiger partial charge is 0.329 e. The maximum Gasteiger partial charge on any atom is 0.0473 e. The van der Waals surface area contributed by atoms with Crippen molar-refractivity contribution >= 4 is 0 Å². The summed E-state index contributed by atoms with van der Waals surface area (Å²) in [5.41, 5.74) is 10.3. The summed E-state index contributed by atoms with van der Waals surface area (Å²) in [6, 6.07) is 1.26. The summed E-state index contributed by atoms with van der Waals surface area (Å²) in [6.07, 6.45) is 6.58. The molecule has 0 spiro atoms. The minimum absolute atomic E-state index is 0.0624. The van der Waals surface area contributed by atoms with Crippen molar-refractivity contribution in [2.75, 3.05) is 6.54 Å². The molecule has 0 amide bonds. The second-order valence-electron chi connectivity index (χ2n) is 6.74. The summed E-state index contributed by atoms with van der Waals surface area (Å²) in [5.74, 6) is 0. The Hall–Kier alpha value is -0.120. The van der Waals surface area contributed by atoms with Gasteiger partial charge in [0.25, 0.3) is 0 Å². The van der Waals surface area contributed by atoms with Gasteiger partial charge in [-0.05, 0) is 51.9 Å². The van der Waals surface area contributed by atoms with Crippen LogP contribution in [0.4, 0.5) is 0 Å². The first-order valence-electron chi connectivity index (χ1n) is 7.18. The first kappa shape index (κ1) is 13.3. The van der Waals surface area contributed by atoms with Gasteiger partial charge in [0.1, 0.15) is 0 Å². The van der Waals surface area contributed by atoms with E-state index in [2.05, 4.69) is 38.1 Å². The summed E-state index contributed by atoms with van der Waals surface area (Å²) in [4.78, 5) is 0. The van der Waals surface area contributed by atoms with Gasteiger partial charge in [0.15, 0.2) is 0 Å². The highest BCUT2D eigenvalue weighted by Gasteiger charge is 2.53. The minimum Gasteiger partial charge on any atom is -0.329 e. The van der Waals surface area contributed by atoms with Crippen LogP contribution in [-0.4, -0.2) is 29.2 Å². The fraction of sp³-hybridized carbons (Fsp3) is 1.00. The van der Waals surface area contributed by atoms with Crippen molar-refractivity contribution in [1.29, 1.82) is 0 Å². The van der Waals surface area contributed by atoms with Gasteiger partial charge in [-0.2, -0.15) is 0 Å². The first-order valence-corrected chi connectivity index (χ1v) is 7.18. The average Bonchev–Trinajstić information content (AvgIpc) is 3.03. The van der Waals surface area contributed by atoms with Crippen molar-refractivity contribution in [3.8, 4) is 0 Å². The van der Waals surface area contributed by atoms with Crippen molar-refractivity contribution in [3.05, 3.63) is 0 Å². The predicted molar refractivity (Wildman–Crippen MR) is 72.6 cm³/mol. The zero-order valence-corrected chi connectivity index (χ0v) is 11.9. The van der Waals surface area contributed by atoms with Crippen molar-refractivity contribution in [2.45, 2.75) is 77.4 Å². The third-order valence-corrected chi connectivity index (χ3v) is 5.31. The quantitative estimate of drug-likeness (QED) is 0.791. The fourth-order valence-electron chi connectivity index (χ4n) is 3.09. The molecule has 0 radical (unpaired) electrons. The highest BCUT2D eigenvalue weighted by atomic mass is 15.6. The van der Waals surface area contributed by atoms with E-state index >= 15 is 0 Å². The molecule has 100 valence electrons. The molecule has 1 aliphatic carbocycles. The third kappa shape index (κ3) is 2.38. The standard InChI is InChI=1S/C14H29N3/c1-11-6-5-7-12(2)17(11)16-14(4,10-15)13(3)8-9-13/h11-12,16H,5-10,15H2,1-4H3. The molecular weight excluding hydrogens is 210 g/mol. The second kappa shape index (κ2) is 4.52. The van der Waals surface area contributed by atoms with Gasteiger partial charge in [0.2, 0.25) is 0 Å². The van der Waals surface area contributed by atoms with Gasteiger partial charge >= 0.3 is 0 Å². The Labute approximate surface area is 106 Å². The van der Waals surface area contributed by atoms with Gasteiger partial charge in [0.05, 0.1) is 0 Å².